The topological polar surface area (TPSA) is 116 Å². The third-order valence-corrected chi connectivity index (χ3v) is 6.60. The number of carbonyl (C=O) groups excluding carboxylic acids is 4. The molecule has 40 heavy (non-hydrogen) atoms. The number of fused-ring (bicyclic) bond motifs is 1. The van der Waals surface area contributed by atoms with E-state index in [1.54, 1.807) is 24.3 Å². The standard InChI is InChI=1S/C29H24F2N4O4S/c30-24-7-5-18(14-25(24)31)13-19(3-1-10-32-17-36)28(38)33-11-9-27(37)34-20-6-8-26-22(15-20)23(29(39)35-26)16-21-4-2-12-40-21/h1-8,10,12,14-17H,9,11,13H2,(H,32,36)(H,33,38)(H,34,37)(H,35,39)/b10-1-,19-3+,23-16-. The minimum Gasteiger partial charge on any atom is -0.352 e. The highest BCUT2D eigenvalue weighted by Crippen LogP contribution is 2.35. The van der Waals surface area contributed by atoms with Crippen LogP contribution in [0.4, 0.5) is 20.2 Å². The van der Waals surface area contributed by atoms with Gasteiger partial charge in [0.15, 0.2) is 11.6 Å². The minimum absolute atomic E-state index is 0.00456. The summed E-state index contributed by atoms with van der Waals surface area (Å²) in [6.07, 6.45) is 6.35. The van der Waals surface area contributed by atoms with E-state index in [4.69, 9.17) is 0 Å². The molecule has 0 radical (unpaired) electrons. The molecule has 1 aliphatic heterocycles. The third-order valence-electron chi connectivity index (χ3n) is 5.78. The lowest BCUT2D eigenvalue weighted by molar-refractivity contribution is -0.118. The van der Waals surface area contributed by atoms with Crippen molar-refractivity contribution in [1.29, 1.82) is 0 Å². The predicted octanol–water partition coefficient (Wildman–Crippen LogP) is 4.39. The van der Waals surface area contributed by atoms with E-state index in [1.807, 2.05) is 17.5 Å². The molecule has 2 heterocycles. The van der Waals surface area contributed by atoms with Gasteiger partial charge in [0.2, 0.25) is 18.2 Å². The number of thiophene rings is 1. The van der Waals surface area contributed by atoms with Crippen molar-refractivity contribution < 1.29 is 28.0 Å². The Bertz CT molecular complexity index is 1530. The van der Waals surface area contributed by atoms with Crippen molar-refractivity contribution in [2.45, 2.75) is 12.8 Å². The van der Waals surface area contributed by atoms with Crippen molar-refractivity contribution in [2.75, 3.05) is 17.2 Å². The number of halogens is 2. The van der Waals surface area contributed by atoms with Gasteiger partial charge in [0.1, 0.15) is 0 Å². The lowest BCUT2D eigenvalue weighted by Crippen LogP contribution is -2.29. The van der Waals surface area contributed by atoms with Gasteiger partial charge in [-0.15, -0.1) is 11.3 Å². The molecular formula is C29H24F2N4O4S. The van der Waals surface area contributed by atoms with Crippen molar-refractivity contribution >= 4 is 58.5 Å². The van der Waals surface area contributed by atoms with Crippen LogP contribution in [0, 0.1) is 11.6 Å². The zero-order chi connectivity index (χ0) is 28.5. The van der Waals surface area contributed by atoms with Crippen LogP contribution in [0.25, 0.3) is 11.6 Å². The van der Waals surface area contributed by atoms with E-state index < -0.39 is 17.5 Å². The molecular weight excluding hydrogens is 538 g/mol. The maximum Gasteiger partial charge on any atom is 0.256 e. The molecule has 0 fully saturated rings. The highest BCUT2D eigenvalue weighted by atomic mass is 32.1. The first-order chi connectivity index (χ1) is 19.3. The average Bonchev–Trinajstić information content (AvgIpc) is 3.55. The maximum atomic E-state index is 13.6. The van der Waals surface area contributed by atoms with E-state index in [0.29, 0.717) is 34.5 Å². The highest BCUT2D eigenvalue weighted by Gasteiger charge is 2.24. The van der Waals surface area contributed by atoms with Gasteiger partial charge in [0.05, 0.1) is 5.57 Å². The molecule has 11 heteroatoms. The Hall–Kier alpha value is -4.90. The Kier molecular flexibility index (Phi) is 9.31. The lowest BCUT2D eigenvalue weighted by Gasteiger charge is -2.10. The van der Waals surface area contributed by atoms with Gasteiger partial charge in [-0.25, -0.2) is 8.78 Å². The number of hydrogen-bond acceptors (Lipinski definition) is 5. The molecule has 0 atom stereocenters. The Morgan fingerprint density at radius 3 is 2.65 bits per heavy atom. The zero-order valence-electron chi connectivity index (χ0n) is 21.0. The second kappa shape index (κ2) is 13.3. The maximum absolute atomic E-state index is 13.6. The molecule has 0 aliphatic carbocycles. The zero-order valence-corrected chi connectivity index (χ0v) is 21.8. The molecule has 0 spiro atoms. The molecule has 1 aromatic heterocycles. The molecule has 0 bridgehead atoms. The Labute approximate surface area is 232 Å². The summed E-state index contributed by atoms with van der Waals surface area (Å²) in [4.78, 5) is 49.1. The second-order valence-electron chi connectivity index (χ2n) is 8.60. The van der Waals surface area contributed by atoms with Crippen LogP contribution in [0.15, 0.2) is 77.8 Å². The van der Waals surface area contributed by atoms with Crippen molar-refractivity contribution in [3.63, 3.8) is 0 Å². The number of hydrogen-bond donors (Lipinski definition) is 4. The summed E-state index contributed by atoms with van der Waals surface area (Å²) in [7, 11) is 0. The van der Waals surface area contributed by atoms with Gasteiger partial charge in [-0.3, -0.25) is 19.2 Å². The summed E-state index contributed by atoms with van der Waals surface area (Å²) in [5.74, 6) is -3.13. The molecule has 1 aliphatic rings. The number of anilines is 2. The summed E-state index contributed by atoms with van der Waals surface area (Å²) < 4.78 is 26.9. The quantitative estimate of drug-likeness (QED) is 0.158. The van der Waals surface area contributed by atoms with Gasteiger partial charge in [-0.1, -0.05) is 18.2 Å². The second-order valence-corrected chi connectivity index (χ2v) is 9.58. The smallest absolute Gasteiger partial charge is 0.256 e. The fourth-order valence-electron chi connectivity index (χ4n) is 3.89. The fourth-order valence-corrected chi connectivity index (χ4v) is 4.55. The van der Waals surface area contributed by atoms with Crippen LogP contribution in [0.2, 0.25) is 0 Å². The summed E-state index contributed by atoms with van der Waals surface area (Å²) in [5, 5.41) is 12.4. The fraction of sp³-hybridized carbons (Fsp3) is 0.103. The Balaban J connectivity index is 1.36. The number of rotatable bonds is 11. The van der Waals surface area contributed by atoms with E-state index in [2.05, 4.69) is 21.3 Å². The first-order valence-electron chi connectivity index (χ1n) is 12.1. The summed E-state index contributed by atoms with van der Waals surface area (Å²) >= 11 is 1.51. The van der Waals surface area contributed by atoms with E-state index in [9.17, 15) is 28.0 Å². The van der Waals surface area contributed by atoms with Gasteiger partial charge in [0, 0.05) is 53.0 Å². The van der Waals surface area contributed by atoms with E-state index in [1.165, 1.54) is 35.8 Å². The number of allylic oxidation sites excluding steroid dienone is 2. The van der Waals surface area contributed by atoms with Gasteiger partial charge in [-0.05, 0) is 59.5 Å². The molecule has 2 aromatic carbocycles. The molecule has 8 nitrogen and oxygen atoms in total. The normalized spacial score (nSPS) is 13.7. The van der Waals surface area contributed by atoms with Gasteiger partial charge < -0.3 is 21.3 Å². The van der Waals surface area contributed by atoms with Crippen LogP contribution in [0.5, 0.6) is 0 Å². The first-order valence-corrected chi connectivity index (χ1v) is 13.0. The molecule has 4 N–H and O–H groups in total. The van der Waals surface area contributed by atoms with Crippen LogP contribution >= 0.6 is 11.3 Å². The average molecular weight is 563 g/mol. The Morgan fingerprint density at radius 2 is 1.90 bits per heavy atom. The summed E-state index contributed by atoms with van der Waals surface area (Å²) in [6.45, 7) is 0.00456. The SMILES string of the molecule is O=CN/C=C\C=C(/Cc1ccc(F)c(F)c1)C(=O)NCCC(=O)Nc1ccc2c(c1)/C(=C/c1cccs1)C(=O)N2. The number of amides is 4. The minimum atomic E-state index is -1.03. The molecule has 3 aromatic rings. The van der Waals surface area contributed by atoms with E-state index >= 15 is 0 Å². The molecule has 0 saturated heterocycles. The van der Waals surface area contributed by atoms with Crippen molar-refractivity contribution in [3.8, 4) is 0 Å². The van der Waals surface area contributed by atoms with Crippen LogP contribution in [-0.4, -0.2) is 30.7 Å². The third kappa shape index (κ3) is 7.35. The summed E-state index contributed by atoms with van der Waals surface area (Å²) in [6, 6.07) is 12.2. The predicted molar refractivity (Wildman–Crippen MR) is 150 cm³/mol. The lowest BCUT2D eigenvalue weighted by atomic mass is 10.0. The number of carbonyl (C=O) groups is 4. The van der Waals surface area contributed by atoms with Crippen molar-refractivity contribution in [2.24, 2.45) is 0 Å². The molecule has 204 valence electrons. The summed E-state index contributed by atoms with van der Waals surface area (Å²) in [5.41, 5.74) is 2.89. The van der Waals surface area contributed by atoms with Crippen LogP contribution in [0.3, 0.4) is 0 Å². The van der Waals surface area contributed by atoms with Gasteiger partial charge in [0.25, 0.3) is 5.91 Å². The van der Waals surface area contributed by atoms with E-state index in [0.717, 1.165) is 17.0 Å². The molecule has 4 rings (SSSR count). The monoisotopic (exact) mass is 562 g/mol. The molecule has 0 unspecified atom stereocenters. The van der Waals surface area contributed by atoms with Crippen LogP contribution in [0.1, 0.15) is 22.4 Å². The largest absolute Gasteiger partial charge is 0.352 e. The van der Waals surface area contributed by atoms with Crippen molar-refractivity contribution in [1.82, 2.24) is 10.6 Å². The van der Waals surface area contributed by atoms with Gasteiger partial charge >= 0.3 is 0 Å². The van der Waals surface area contributed by atoms with Crippen LogP contribution < -0.4 is 21.3 Å². The van der Waals surface area contributed by atoms with E-state index in [-0.39, 0.29) is 36.8 Å². The van der Waals surface area contributed by atoms with Gasteiger partial charge in [-0.2, -0.15) is 0 Å². The first kappa shape index (κ1) is 28.1. The number of benzene rings is 2. The highest BCUT2D eigenvalue weighted by molar-refractivity contribution is 7.11. The van der Waals surface area contributed by atoms with Crippen molar-refractivity contribution in [3.05, 3.63) is 105 Å². The van der Waals surface area contributed by atoms with Crippen LogP contribution in [-0.2, 0) is 25.6 Å². The molecule has 4 amide bonds. The Morgan fingerprint density at radius 1 is 1.05 bits per heavy atom. The molecule has 0 saturated carbocycles. The number of nitrogens with one attached hydrogen (secondary N) is 4.